The number of benzene rings is 3. The second kappa shape index (κ2) is 12.5. The van der Waals surface area contributed by atoms with Gasteiger partial charge in [-0.05, 0) is 67.1 Å². The van der Waals surface area contributed by atoms with E-state index in [1.54, 1.807) is 30.5 Å². The Balaban J connectivity index is 1.32. The molecule has 1 aliphatic heterocycles. The van der Waals surface area contributed by atoms with Gasteiger partial charge in [0.05, 0.1) is 12.3 Å². The lowest BCUT2D eigenvalue weighted by Crippen LogP contribution is -2.54. The lowest BCUT2D eigenvalue weighted by atomic mass is 9.88. The van der Waals surface area contributed by atoms with Crippen molar-refractivity contribution in [3.05, 3.63) is 132 Å². The quantitative estimate of drug-likeness (QED) is 0.175. The summed E-state index contributed by atoms with van der Waals surface area (Å²) >= 11 is 0. The molecule has 2 aromatic heterocycles. The van der Waals surface area contributed by atoms with Crippen molar-refractivity contribution in [3.63, 3.8) is 0 Å². The summed E-state index contributed by atoms with van der Waals surface area (Å²) in [6, 6.07) is 30.5. The van der Waals surface area contributed by atoms with E-state index in [4.69, 9.17) is 9.47 Å². The molecule has 8 nitrogen and oxygen atoms in total. The first-order chi connectivity index (χ1) is 22.1. The molecule has 46 heavy (non-hydrogen) atoms. The Morgan fingerprint density at radius 1 is 0.957 bits per heavy atom. The number of aryl methyl sites for hydroxylation is 1. The third-order valence-corrected chi connectivity index (χ3v) is 8.73. The number of ether oxygens (including phenoxy) is 2. The number of fused-ring (bicyclic) bond motifs is 1. The van der Waals surface area contributed by atoms with Crippen LogP contribution in [-0.2, 0) is 27.3 Å². The van der Waals surface area contributed by atoms with Gasteiger partial charge in [0, 0.05) is 12.4 Å². The normalized spacial score (nSPS) is 17.9. The number of rotatable bonds is 10. The number of aliphatic hydroxyl groups is 1. The summed E-state index contributed by atoms with van der Waals surface area (Å²) in [6.45, 7) is 7.22. The second-order valence-electron chi connectivity index (χ2n) is 12.5. The molecule has 1 N–H and O–H groups in total. The first kappa shape index (κ1) is 31.2. The van der Waals surface area contributed by atoms with Crippen molar-refractivity contribution < 1.29 is 24.2 Å². The summed E-state index contributed by atoms with van der Waals surface area (Å²) in [4.78, 5) is 33.7. The van der Waals surface area contributed by atoms with E-state index in [9.17, 15) is 14.7 Å². The van der Waals surface area contributed by atoms with Crippen LogP contribution >= 0.6 is 0 Å². The monoisotopic (exact) mass is 617 g/mol. The Morgan fingerprint density at radius 2 is 1.59 bits per heavy atom. The standard InChI is InChI=1S/C38H39N3O5/c1-5-11-26-15-19-28(20-16-26)29-21-17-27(18-22-29)25-45-38(4,34(42)31-24-40-23-10-9-14-32(40)39-31)35(43)41-33(30-12-7-6-8-13-30)37(2,3)46-36(41)44/h6-10,12-24,33-34,42H,5,11,25H2,1-4H3/t33-,34-,38-/m0/s1. The van der Waals surface area contributed by atoms with Crippen molar-refractivity contribution in [2.24, 2.45) is 0 Å². The van der Waals surface area contributed by atoms with Gasteiger partial charge in [-0.15, -0.1) is 0 Å². The summed E-state index contributed by atoms with van der Waals surface area (Å²) in [6.07, 6.45) is 3.32. The van der Waals surface area contributed by atoms with E-state index in [-0.39, 0.29) is 12.3 Å². The lowest BCUT2D eigenvalue weighted by molar-refractivity contribution is -0.175. The molecule has 0 saturated carbocycles. The van der Waals surface area contributed by atoms with Crippen molar-refractivity contribution in [1.29, 1.82) is 0 Å². The van der Waals surface area contributed by atoms with Gasteiger partial charge in [0.2, 0.25) is 0 Å². The van der Waals surface area contributed by atoms with Gasteiger partial charge in [0.15, 0.2) is 5.60 Å². The first-order valence-electron chi connectivity index (χ1n) is 15.7. The minimum absolute atomic E-state index is 0.00464. The molecule has 3 heterocycles. The molecule has 236 valence electrons. The maximum Gasteiger partial charge on any atom is 0.417 e. The number of hydrogen-bond acceptors (Lipinski definition) is 6. The Bertz CT molecular complexity index is 1800. The molecular formula is C38H39N3O5. The number of aromatic nitrogens is 2. The number of nitrogens with zero attached hydrogens (tertiary/aromatic N) is 3. The number of imide groups is 1. The van der Waals surface area contributed by atoms with Crippen LogP contribution in [0.4, 0.5) is 4.79 Å². The van der Waals surface area contributed by atoms with Gasteiger partial charge in [0.25, 0.3) is 5.91 Å². The maximum absolute atomic E-state index is 14.6. The summed E-state index contributed by atoms with van der Waals surface area (Å²) in [7, 11) is 0. The van der Waals surface area contributed by atoms with Crippen molar-refractivity contribution in [2.75, 3.05) is 0 Å². The molecule has 2 amide bonds. The molecule has 0 spiro atoms. The molecule has 0 bridgehead atoms. The zero-order valence-electron chi connectivity index (χ0n) is 26.6. The number of aliphatic hydroxyl groups excluding tert-OH is 1. The first-order valence-corrected chi connectivity index (χ1v) is 15.7. The van der Waals surface area contributed by atoms with Crippen LogP contribution in [-0.4, -0.2) is 42.6 Å². The Morgan fingerprint density at radius 3 is 2.22 bits per heavy atom. The van der Waals surface area contributed by atoms with Crippen molar-refractivity contribution in [2.45, 2.75) is 70.5 Å². The van der Waals surface area contributed by atoms with Crippen LogP contribution in [0.1, 0.15) is 68.6 Å². The fourth-order valence-electron chi connectivity index (χ4n) is 6.18. The van der Waals surface area contributed by atoms with Gasteiger partial charge in [-0.1, -0.05) is 98.3 Å². The van der Waals surface area contributed by atoms with E-state index in [0.29, 0.717) is 5.65 Å². The van der Waals surface area contributed by atoms with Crippen LogP contribution in [0.5, 0.6) is 0 Å². The predicted octanol–water partition coefficient (Wildman–Crippen LogP) is 7.46. The van der Waals surface area contributed by atoms with Crippen molar-refractivity contribution >= 4 is 17.6 Å². The number of carbonyl (C=O) groups excluding carboxylic acids is 2. The highest BCUT2D eigenvalue weighted by Crippen LogP contribution is 2.44. The van der Waals surface area contributed by atoms with Crippen LogP contribution in [0.2, 0.25) is 0 Å². The molecule has 0 radical (unpaired) electrons. The number of pyridine rings is 1. The molecule has 3 atom stereocenters. The average molecular weight is 618 g/mol. The van der Waals surface area contributed by atoms with E-state index in [1.807, 2.05) is 72.9 Å². The van der Waals surface area contributed by atoms with Crippen molar-refractivity contribution in [1.82, 2.24) is 14.3 Å². The van der Waals surface area contributed by atoms with E-state index in [2.05, 4.69) is 36.2 Å². The van der Waals surface area contributed by atoms with Crippen LogP contribution in [0.25, 0.3) is 16.8 Å². The highest BCUT2D eigenvalue weighted by molar-refractivity contribution is 5.99. The fourth-order valence-corrected chi connectivity index (χ4v) is 6.18. The zero-order chi connectivity index (χ0) is 32.5. The van der Waals surface area contributed by atoms with Gasteiger partial charge in [-0.2, -0.15) is 0 Å². The third-order valence-electron chi connectivity index (χ3n) is 8.73. The SMILES string of the molecule is CCCc1ccc(-c2ccc(CO[C@](C)(C(=O)N3C(=O)OC(C)(C)[C@@H]3c3ccccc3)[C@@H](O)c3cn4ccccc4n3)cc2)cc1. The minimum atomic E-state index is -1.90. The van der Waals surface area contributed by atoms with E-state index < -0.39 is 35.3 Å². The van der Waals surface area contributed by atoms with Gasteiger partial charge >= 0.3 is 6.09 Å². The molecule has 6 rings (SSSR count). The van der Waals surface area contributed by atoms with Gasteiger partial charge in [0.1, 0.15) is 23.4 Å². The Hall–Kier alpha value is -4.79. The van der Waals surface area contributed by atoms with Gasteiger partial charge < -0.3 is 19.0 Å². The molecule has 1 fully saturated rings. The van der Waals surface area contributed by atoms with Gasteiger partial charge in [-0.3, -0.25) is 4.79 Å². The number of cyclic esters (lactones) is 1. The maximum atomic E-state index is 14.6. The van der Waals surface area contributed by atoms with Crippen LogP contribution < -0.4 is 0 Å². The molecule has 0 aliphatic carbocycles. The molecule has 3 aromatic carbocycles. The number of imidazole rings is 1. The van der Waals surface area contributed by atoms with E-state index >= 15 is 0 Å². The highest BCUT2D eigenvalue weighted by Gasteiger charge is 2.57. The largest absolute Gasteiger partial charge is 0.440 e. The van der Waals surface area contributed by atoms with Gasteiger partial charge in [-0.25, -0.2) is 14.7 Å². The molecule has 1 saturated heterocycles. The molecule has 1 aliphatic rings. The van der Waals surface area contributed by atoms with E-state index in [1.165, 1.54) is 12.5 Å². The van der Waals surface area contributed by atoms with E-state index in [0.717, 1.165) is 40.0 Å². The minimum Gasteiger partial charge on any atom is -0.440 e. The number of amides is 2. The summed E-state index contributed by atoms with van der Waals surface area (Å²) in [5.74, 6) is -0.717. The molecule has 5 aromatic rings. The molecule has 8 heteroatoms. The predicted molar refractivity (Wildman–Crippen MR) is 176 cm³/mol. The zero-order valence-corrected chi connectivity index (χ0v) is 26.6. The fraction of sp³-hybridized carbons (Fsp3) is 0.289. The lowest BCUT2D eigenvalue weighted by Gasteiger charge is -2.37. The second-order valence-corrected chi connectivity index (χ2v) is 12.5. The average Bonchev–Trinajstić information content (AvgIpc) is 3.61. The summed E-state index contributed by atoms with van der Waals surface area (Å²) in [5, 5.41) is 11.9. The Labute approximate surface area is 269 Å². The topological polar surface area (TPSA) is 93.4 Å². The Kier molecular flexibility index (Phi) is 8.51. The smallest absolute Gasteiger partial charge is 0.417 e. The number of carbonyl (C=O) groups is 2. The molecule has 0 unspecified atom stereocenters. The van der Waals surface area contributed by atoms with Crippen molar-refractivity contribution in [3.8, 4) is 11.1 Å². The van der Waals surface area contributed by atoms with Crippen LogP contribution in [0, 0.1) is 0 Å². The third kappa shape index (κ3) is 5.94. The van der Waals surface area contributed by atoms with Crippen LogP contribution in [0.15, 0.2) is 109 Å². The summed E-state index contributed by atoms with van der Waals surface area (Å²) in [5.41, 5.74) is 2.93. The summed E-state index contributed by atoms with van der Waals surface area (Å²) < 4.78 is 13.9. The molecular weight excluding hydrogens is 578 g/mol. The highest BCUT2D eigenvalue weighted by atomic mass is 16.6. The van der Waals surface area contributed by atoms with Crippen LogP contribution in [0.3, 0.4) is 0 Å². The number of hydrogen-bond donors (Lipinski definition) is 1.